The van der Waals surface area contributed by atoms with E-state index < -0.39 is 0 Å². The van der Waals surface area contributed by atoms with Gasteiger partial charge in [-0.15, -0.1) is 0 Å². The fourth-order valence-electron chi connectivity index (χ4n) is 2.03. The molecule has 0 aliphatic rings. The van der Waals surface area contributed by atoms with Crippen LogP contribution in [0.2, 0.25) is 0 Å². The van der Waals surface area contributed by atoms with Gasteiger partial charge in [0.25, 0.3) is 0 Å². The van der Waals surface area contributed by atoms with E-state index in [9.17, 15) is 4.79 Å². The molecule has 2 aromatic carbocycles. The number of anilines is 2. The van der Waals surface area contributed by atoms with Crippen LogP contribution in [-0.2, 0) is 17.6 Å². The Labute approximate surface area is 119 Å². The van der Waals surface area contributed by atoms with Crippen molar-refractivity contribution in [1.29, 1.82) is 0 Å². The predicted molar refractivity (Wildman–Crippen MR) is 83.6 cm³/mol. The molecular weight excluding hydrogens is 248 g/mol. The molecule has 0 aromatic heterocycles. The maximum Gasteiger partial charge on any atom is 0.224 e. The maximum absolute atomic E-state index is 11.9. The van der Waals surface area contributed by atoms with Gasteiger partial charge in [-0.05, 0) is 48.2 Å². The summed E-state index contributed by atoms with van der Waals surface area (Å²) in [5, 5.41) is 2.93. The van der Waals surface area contributed by atoms with Gasteiger partial charge in [0.2, 0.25) is 5.91 Å². The minimum Gasteiger partial charge on any atom is -0.399 e. The van der Waals surface area contributed by atoms with Crippen molar-refractivity contribution < 1.29 is 4.79 Å². The van der Waals surface area contributed by atoms with Crippen molar-refractivity contribution in [3.8, 4) is 0 Å². The number of carbonyl (C=O) groups is 1. The molecule has 0 radical (unpaired) electrons. The zero-order chi connectivity index (χ0) is 14.4. The van der Waals surface area contributed by atoms with Crippen LogP contribution in [0.4, 0.5) is 11.4 Å². The number of rotatable bonds is 5. The van der Waals surface area contributed by atoms with Crippen molar-refractivity contribution in [2.45, 2.75) is 26.2 Å². The highest BCUT2D eigenvalue weighted by Gasteiger charge is 2.03. The van der Waals surface area contributed by atoms with Crippen molar-refractivity contribution in [3.63, 3.8) is 0 Å². The molecule has 2 rings (SSSR count). The van der Waals surface area contributed by atoms with Crippen molar-refractivity contribution in [2.24, 2.45) is 0 Å². The summed E-state index contributed by atoms with van der Waals surface area (Å²) in [6, 6.07) is 15.6. The highest BCUT2D eigenvalue weighted by Crippen LogP contribution is 2.12. The Balaban J connectivity index is 1.87. The normalized spacial score (nSPS) is 10.2. The Morgan fingerprint density at radius 3 is 2.55 bits per heavy atom. The average Bonchev–Trinajstić information content (AvgIpc) is 2.47. The number of aryl methyl sites for hydroxylation is 2. The number of nitrogens with one attached hydrogen (secondary N) is 1. The Morgan fingerprint density at radius 2 is 1.85 bits per heavy atom. The first-order valence-corrected chi connectivity index (χ1v) is 6.90. The van der Waals surface area contributed by atoms with E-state index in [0.717, 1.165) is 29.8 Å². The van der Waals surface area contributed by atoms with Gasteiger partial charge in [0.1, 0.15) is 0 Å². The zero-order valence-corrected chi connectivity index (χ0v) is 11.7. The lowest BCUT2D eigenvalue weighted by atomic mass is 10.1. The molecule has 0 unspecified atom stereocenters. The molecule has 1 amide bonds. The van der Waals surface area contributed by atoms with Crippen LogP contribution in [-0.4, -0.2) is 5.91 Å². The minimum absolute atomic E-state index is 0.0371. The second kappa shape index (κ2) is 6.75. The van der Waals surface area contributed by atoms with Gasteiger partial charge < -0.3 is 11.1 Å². The number of amides is 1. The predicted octanol–water partition coefficient (Wildman–Crippen LogP) is 3.40. The van der Waals surface area contributed by atoms with Gasteiger partial charge in [0, 0.05) is 17.8 Å². The average molecular weight is 268 g/mol. The van der Waals surface area contributed by atoms with E-state index in [1.54, 1.807) is 0 Å². The van der Waals surface area contributed by atoms with Gasteiger partial charge in [0.15, 0.2) is 0 Å². The summed E-state index contributed by atoms with van der Waals surface area (Å²) >= 11 is 0. The molecule has 0 aliphatic carbocycles. The van der Waals surface area contributed by atoms with Crippen LogP contribution in [0.25, 0.3) is 0 Å². The van der Waals surface area contributed by atoms with E-state index in [1.807, 2.05) is 42.5 Å². The Kier molecular flexibility index (Phi) is 4.77. The topological polar surface area (TPSA) is 55.1 Å². The summed E-state index contributed by atoms with van der Waals surface area (Å²) in [7, 11) is 0. The Bertz CT molecular complexity index is 576. The first-order valence-electron chi connectivity index (χ1n) is 6.90. The summed E-state index contributed by atoms with van der Waals surface area (Å²) in [6.07, 6.45) is 2.16. The van der Waals surface area contributed by atoms with Gasteiger partial charge in [-0.1, -0.05) is 31.2 Å². The van der Waals surface area contributed by atoms with Crippen LogP contribution in [0.5, 0.6) is 0 Å². The number of hydrogen-bond acceptors (Lipinski definition) is 2. The van der Waals surface area contributed by atoms with Crippen molar-refractivity contribution >= 4 is 17.3 Å². The third-order valence-electron chi connectivity index (χ3n) is 3.24. The van der Waals surface area contributed by atoms with Gasteiger partial charge in [-0.2, -0.15) is 0 Å². The zero-order valence-electron chi connectivity index (χ0n) is 11.7. The smallest absolute Gasteiger partial charge is 0.224 e. The fourth-order valence-corrected chi connectivity index (χ4v) is 2.03. The lowest BCUT2D eigenvalue weighted by molar-refractivity contribution is -0.116. The molecule has 2 aromatic rings. The summed E-state index contributed by atoms with van der Waals surface area (Å²) in [6.45, 7) is 2.10. The van der Waals surface area contributed by atoms with E-state index in [-0.39, 0.29) is 5.91 Å². The van der Waals surface area contributed by atoms with Crippen LogP contribution in [0.3, 0.4) is 0 Å². The molecule has 3 heteroatoms. The molecule has 20 heavy (non-hydrogen) atoms. The molecule has 0 fully saturated rings. The summed E-state index contributed by atoms with van der Waals surface area (Å²) in [5.41, 5.74) is 9.59. The second-order valence-corrected chi connectivity index (χ2v) is 4.84. The molecule has 0 spiro atoms. The summed E-state index contributed by atoms with van der Waals surface area (Å²) in [5.74, 6) is 0.0371. The van der Waals surface area contributed by atoms with E-state index in [0.29, 0.717) is 6.42 Å². The van der Waals surface area contributed by atoms with Gasteiger partial charge >= 0.3 is 0 Å². The molecule has 0 saturated heterocycles. The molecule has 0 atom stereocenters. The van der Waals surface area contributed by atoms with Gasteiger partial charge in [-0.3, -0.25) is 4.79 Å². The molecule has 3 nitrogen and oxygen atoms in total. The molecule has 104 valence electrons. The van der Waals surface area contributed by atoms with Crippen molar-refractivity contribution in [3.05, 3.63) is 59.7 Å². The second-order valence-electron chi connectivity index (χ2n) is 4.84. The van der Waals surface area contributed by atoms with Gasteiger partial charge in [-0.25, -0.2) is 0 Å². The van der Waals surface area contributed by atoms with Gasteiger partial charge in [0.05, 0.1) is 0 Å². The standard InChI is InChI=1S/C17H20N2O/c1-2-13-4-3-5-16(12-13)19-17(20)11-8-14-6-9-15(18)10-7-14/h3-7,9-10,12H,2,8,11,18H2,1H3,(H,19,20). The third-order valence-corrected chi connectivity index (χ3v) is 3.24. The number of carbonyl (C=O) groups excluding carboxylic acids is 1. The third kappa shape index (κ3) is 4.12. The van der Waals surface area contributed by atoms with Crippen molar-refractivity contribution in [2.75, 3.05) is 11.1 Å². The maximum atomic E-state index is 11.9. The van der Waals surface area contributed by atoms with E-state index in [4.69, 9.17) is 5.73 Å². The highest BCUT2D eigenvalue weighted by molar-refractivity contribution is 5.90. The van der Waals surface area contributed by atoms with Crippen LogP contribution in [0.15, 0.2) is 48.5 Å². The first-order chi connectivity index (χ1) is 9.67. The molecule has 0 aliphatic heterocycles. The number of benzene rings is 2. The summed E-state index contributed by atoms with van der Waals surface area (Å²) < 4.78 is 0. The molecular formula is C17H20N2O. The minimum atomic E-state index is 0.0371. The van der Waals surface area contributed by atoms with Crippen LogP contribution in [0.1, 0.15) is 24.5 Å². The monoisotopic (exact) mass is 268 g/mol. The van der Waals surface area contributed by atoms with E-state index >= 15 is 0 Å². The van der Waals surface area contributed by atoms with Crippen LogP contribution in [0, 0.1) is 0 Å². The molecule has 3 N–H and O–H groups in total. The molecule has 0 bridgehead atoms. The number of nitrogen functional groups attached to an aromatic ring is 1. The Morgan fingerprint density at radius 1 is 1.10 bits per heavy atom. The molecule has 0 saturated carbocycles. The SMILES string of the molecule is CCc1cccc(NC(=O)CCc2ccc(N)cc2)c1. The van der Waals surface area contributed by atoms with Crippen LogP contribution >= 0.6 is 0 Å². The first kappa shape index (κ1) is 14.1. The van der Waals surface area contributed by atoms with Crippen molar-refractivity contribution in [1.82, 2.24) is 0 Å². The quantitative estimate of drug-likeness (QED) is 0.816. The highest BCUT2D eigenvalue weighted by atomic mass is 16.1. The largest absolute Gasteiger partial charge is 0.399 e. The number of nitrogens with two attached hydrogens (primary N) is 1. The molecule has 0 heterocycles. The van der Waals surface area contributed by atoms with Crippen LogP contribution < -0.4 is 11.1 Å². The fraction of sp³-hybridized carbons (Fsp3) is 0.235. The number of hydrogen-bond donors (Lipinski definition) is 2. The summed E-state index contributed by atoms with van der Waals surface area (Å²) in [4.78, 5) is 11.9. The van der Waals surface area contributed by atoms with E-state index in [2.05, 4.69) is 18.3 Å². The lowest BCUT2D eigenvalue weighted by Gasteiger charge is -2.07. The Hall–Kier alpha value is -2.29. The lowest BCUT2D eigenvalue weighted by Crippen LogP contribution is -2.12. The van der Waals surface area contributed by atoms with E-state index in [1.165, 1.54) is 5.56 Å².